The summed E-state index contributed by atoms with van der Waals surface area (Å²) in [4.78, 5) is 31.6. The van der Waals surface area contributed by atoms with Gasteiger partial charge < -0.3 is 23.5 Å². The lowest BCUT2D eigenvalue weighted by atomic mass is 9.98. The van der Waals surface area contributed by atoms with Gasteiger partial charge in [0.25, 0.3) is 5.91 Å². The molecule has 9 heteroatoms. The van der Waals surface area contributed by atoms with Gasteiger partial charge in [-0.3, -0.25) is 14.5 Å². The molecule has 1 aromatic heterocycles. The van der Waals surface area contributed by atoms with Crippen LogP contribution < -0.4 is 14.9 Å². The minimum absolute atomic E-state index is 0.107. The molecule has 1 fully saturated rings. The largest absolute Gasteiger partial charge is 0.493 e. The molecule has 2 aliphatic heterocycles. The highest BCUT2D eigenvalue weighted by Gasteiger charge is 2.43. The lowest BCUT2D eigenvalue weighted by molar-refractivity contribution is 0.0314. The number of methoxy groups -OCH3 is 1. The van der Waals surface area contributed by atoms with E-state index < -0.39 is 6.04 Å². The van der Waals surface area contributed by atoms with E-state index >= 15 is 0 Å². The maximum Gasteiger partial charge on any atom is 0.290 e. The number of carbonyl (C=O) groups excluding carboxylic acids is 1. The molecule has 0 N–H and O–H groups in total. The van der Waals surface area contributed by atoms with E-state index in [0.29, 0.717) is 60.9 Å². The van der Waals surface area contributed by atoms with Crippen LogP contribution >= 0.6 is 15.9 Å². The molecule has 0 spiro atoms. The Labute approximate surface area is 230 Å². The molecule has 202 valence electrons. The molecule has 3 heterocycles. The van der Waals surface area contributed by atoms with E-state index in [1.54, 1.807) is 30.2 Å². The van der Waals surface area contributed by atoms with Gasteiger partial charge in [-0.1, -0.05) is 41.8 Å². The third-order valence-corrected chi connectivity index (χ3v) is 7.69. The Morgan fingerprint density at radius 1 is 1.03 bits per heavy atom. The average molecular weight is 585 g/mol. The van der Waals surface area contributed by atoms with Gasteiger partial charge in [0.15, 0.2) is 16.9 Å². The predicted octanol–water partition coefficient (Wildman–Crippen LogP) is 5.01. The van der Waals surface area contributed by atoms with Gasteiger partial charge in [-0.2, -0.15) is 0 Å². The van der Waals surface area contributed by atoms with Crippen LogP contribution in [0.4, 0.5) is 0 Å². The SMILES string of the molecule is CCCCCOc1ccc(C2c3c(oc4ccc(Br)cc4c3=O)C(=O)N2CCN2CCOCC2)cc1OC. The second-order valence-electron chi connectivity index (χ2n) is 9.64. The van der Waals surface area contributed by atoms with Crippen molar-refractivity contribution in [2.45, 2.75) is 32.2 Å². The summed E-state index contributed by atoms with van der Waals surface area (Å²) in [6.45, 7) is 6.85. The fraction of sp³-hybridized carbons (Fsp3) is 0.448. The fourth-order valence-electron chi connectivity index (χ4n) is 5.15. The molecule has 0 radical (unpaired) electrons. The lowest BCUT2D eigenvalue weighted by Crippen LogP contribution is -2.42. The number of rotatable bonds is 10. The smallest absolute Gasteiger partial charge is 0.290 e. The van der Waals surface area contributed by atoms with E-state index in [2.05, 4.69) is 27.8 Å². The first-order chi connectivity index (χ1) is 18.5. The van der Waals surface area contributed by atoms with Gasteiger partial charge in [0.05, 0.1) is 43.9 Å². The molecule has 3 aromatic rings. The maximum absolute atomic E-state index is 13.8. The molecule has 0 aliphatic carbocycles. The van der Waals surface area contributed by atoms with Gasteiger partial charge >= 0.3 is 0 Å². The summed E-state index contributed by atoms with van der Waals surface area (Å²) < 4.78 is 24.0. The molecule has 1 atom stereocenters. The van der Waals surface area contributed by atoms with Gasteiger partial charge in [0.1, 0.15) is 5.58 Å². The van der Waals surface area contributed by atoms with E-state index in [4.69, 9.17) is 18.6 Å². The van der Waals surface area contributed by atoms with Crippen molar-refractivity contribution in [3.8, 4) is 11.5 Å². The van der Waals surface area contributed by atoms with Crippen LogP contribution in [0.2, 0.25) is 0 Å². The highest BCUT2D eigenvalue weighted by molar-refractivity contribution is 9.10. The molecule has 38 heavy (non-hydrogen) atoms. The van der Waals surface area contributed by atoms with Crippen LogP contribution in [0, 0.1) is 0 Å². The van der Waals surface area contributed by atoms with Crippen molar-refractivity contribution in [1.29, 1.82) is 0 Å². The van der Waals surface area contributed by atoms with Crippen molar-refractivity contribution in [1.82, 2.24) is 9.80 Å². The van der Waals surface area contributed by atoms with Crippen LogP contribution in [0.1, 0.15) is 53.9 Å². The zero-order valence-electron chi connectivity index (χ0n) is 21.8. The molecule has 1 saturated heterocycles. The number of unbranched alkanes of at least 4 members (excludes halogenated alkanes) is 2. The monoisotopic (exact) mass is 584 g/mol. The number of ether oxygens (including phenoxy) is 3. The van der Waals surface area contributed by atoms with Gasteiger partial charge in [-0.25, -0.2) is 0 Å². The Hall–Kier alpha value is -2.88. The van der Waals surface area contributed by atoms with Crippen molar-refractivity contribution >= 4 is 32.8 Å². The van der Waals surface area contributed by atoms with Crippen LogP contribution in [0.25, 0.3) is 11.0 Å². The molecular weight excluding hydrogens is 552 g/mol. The maximum atomic E-state index is 13.8. The predicted molar refractivity (Wildman–Crippen MR) is 148 cm³/mol. The minimum atomic E-state index is -0.596. The van der Waals surface area contributed by atoms with E-state index in [0.717, 1.165) is 42.4 Å². The minimum Gasteiger partial charge on any atom is -0.493 e. The molecule has 1 unspecified atom stereocenters. The standard InChI is InChI=1S/C29H33BrN2O6/c1-3-4-5-14-37-23-8-6-19(17-24(23)35-2)26-25-27(33)21-18-20(30)7-9-22(21)38-28(25)29(34)32(26)11-10-31-12-15-36-16-13-31/h6-9,17-18,26H,3-5,10-16H2,1-2H3. The van der Waals surface area contributed by atoms with Crippen molar-refractivity contribution in [2.24, 2.45) is 0 Å². The molecule has 2 aliphatic rings. The van der Waals surface area contributed by atoms with Gasteiger partial charge in [0, 0.05) is 30.7 Å². The third-order valence-electron chi connectivity index (χ3n) is 7.20. The lowest BCUT2D eigenvalue weighted by Gasteiger charge is -2.31. The number of hydrogen-bond donors (Lipinski definition) is 0. The number of carbonyl (C=O) groups is 1. The van der Waals surface area contributed by atoms with Gasteiger partial charge in [-0.05, 0) is 42.3 Å². The Balaban J connectivity index is 1.54. The molecule has 1 amide bonds. The van der Waals surface area contributed by atoms with Crippen molar-refractivity contribution in [2.75, 3.05) is 53.1 Å². The quantitative estimate of drug-likeness (QED) is 0.310. The second kappa shape index (κ2) is 11.9. The third kappa shape index (κ3) is 5.32. The summed E-state index contributed by atoms with van der Waals surface area (Å²) in [6, 6.07) is 10.3. The number of halogens is 1. The Morgan fingerprint density at radius 2 is 1.84 bits per heavy atom. The van der Waals surface area contributed by atoms with Crippen LogP contribution in [0.3, 0.4) is 0 Å². The number of benzene rings is 2. The summed E-state index contributed by atoms with van der Waals surface area (Å²) in [5.74, 6) is 1.04. The van der Waals surface area contributed by atoms with Crippen LogP contribution in [-0.2, 0) is 4.74 Å². The highest BCUT2D eigenvalue weighted by atomic mass is 79.9. The van der Waals surface area contributed by atoms with Crippen molar-refractivity contribution < 1.29 is 23.4 Å². The van der Waals surface area contributed by atoms with E-state index in [1.807, 2.05) is 18.2 Å². The Bertz CT molecular complexity index is 1370. The summed E-state index contributed by atoms with van der Waals surface area (Å²) in [6.07, 6.45) is 3.17. The zero-order chi connectivity index (χ0) is 26.6. The molecule has 2 aromatic carbocycles. The summed E-state index contributed by atoms with van der Waals surface area (Å²) in [7, 11) is 1.60. The Kier molecular flexibility index (Phi) is 8.35. The molecule has 8 nitrogen and oxygen atoms in total. The first-order valence-corrected chi connectivity index (χ1v) is 14.0. The topological polar surface area (TPSA) is 81.5 Å². The fourth-order valence-corrected chi connectivity index (χ4v) is 5.51. The van der Waals surface area contributed by atoms with Crippen molar-refractivity contribution in [3.05, 3.63) is 68.0 Å². The number of fused-ring (bicyclic) bond motifs is 2. The van der Waals surface area contributed by atoms with Gasteiger partial charge in [-0.15, -0.1) is 0 Å². The van der Waals surface area contributed by atoms with E-state index in [9.17, 15) is 9.59 Å². The first kappa shape index (κ1) is 26.7. The van der Waals surface area contributed by atoms with Crippen molar-refractivity contribution in [3.63, 3.8) is 0 Å². The first-order valence-electron chi connectivity index (χ1n) is 13.2. The normalized spacial score (nSPS) is 17.7. The summed E-state index contributed by atoms with van der Waals surface area (Å²) >= 11 is 3.45. The van der Waals surface area contributed by atoms with Crippen LogP contribution in [0.15, 0.2) is 50.1 Å². The molecule has 0 saturated carbocycles. The van der Waals surface area contributed by atoms with Gasteiger partial charge in [0.2, 0.25) is 5.76 Å². The number of hydrogen-bond acceptors (Lipinski definition) is 7. The Morgan fingerprint density at radius 3 is 2.61 bits per heavy atom. The zero-order valence-corrected chi connectivity index (χ0v) is 23.4. The van der Waals surface area contributed by atoms with Crippen LogP contribution in [-0.4, -0.2) is 68.8 Å². The van der Waals surface area contributed by atoms with E-state index in [-0.39, 0.29) is 17.1 Å². The van der Waals surface area contributed by atoms with E-state index in [1.165, 1.54) is 0 Å². The molecular formula is C29H33BrN2O6. The number of morpholine rings is 1. The summed E-state index contributed by atoms with van der Waals surface area (Å²) in [5, 5.41) is 0.439. The average Bonchev–Trinajstić information content (AvgIpc) is 3.22. The molecule has 5 rings (SSSR count). The van der Waals surface area contributed by atoms with Crippen LogP contribution in [0.5, 0.6) is 11.5 Å². The highest BCUT2D eigenvalue weighted by Crippen LogP contribution is 2.41. The number of nitrogens with zero attached hydrogens (tertiary/aromatic N) is 2. The molecule has 0 bridgehead atoms. The summed E-state index contributed by atoms with van der Waals surface area (Å²) in [5.41, 5.74) is 1.33. The number of amides is 1. The second-order valence-corrected chi connectivity index (χ2v) is 10.6.